The number of likely N-dealkylation sites (tertiary alicyclic amines) is 1. The number of nitrogens with zero attached hydrogens (tertiary/aromatic N) is 2. The fourth-order valence-corrected chi connectivity index (χ4v) is 5.64. The normalized spacial score (nSPS) is 33.5. The molecule has 1 N–H and O–H groups in total. The summed E-state index contributed by atoms with van der Waals surface area (Å²) >= 11 is 0. The fraction of sp³-hybridized carbons (Fsp3) is 0.619. The van der Waals surface area contributed by atoms with E-state index < -0.39 is 0 Å². The number of carbonyl (C=O) groups excluding carboxylic acids is 2. The van der Waals surface area contributed by atoms with Gasteiger partial charge >= 0.3 is 0 Å². The van der Waals surface area contributed by atoms with Crippen molar-refractivity contribution >= 4 is 11.8 Å². The van der Waals surface area contributed by atoms with Crippen LogP contribution >= 0.6 is 0 Å². The summed E-state index contributed by atoms with van der Waals surface area (Å²) in [5.74, 6) is 1.50. The molecule has 4 atom stereocenters. The second kappa shape index (κ2) is 6.38. The highest BCUT2D eigenvalue weighted by molar-refractivity contribution is 5.83. The van der Waals surface area contributed by atoms with Crippen molar-refractivity contribution in [2.75, 3.05) is 19.6 Å². The van der Waals surface area contributed by atoms with E-state index in [4.69, 9.17) is 0 Å². The van der Waals surface area contributed by atoms with Crippen molar-refractivity contribution in [1.29, 1.82) is 0 Å². The van der Waals surface area contributed by atoms with Gasteiger partial charge in [-0.3, -0.25) is 9.59 Å². The Morgan fingerprint density at radius 1 is 1.12 bits per heavy atom. The van der Waals surface area contributed by atoms with Gasteiger partial charge in [-0.1, -0.05) is 24.3 Å². The second-order valence-electron chi connectivity index (χ2n) is 8.52. The molecule has 3 saturated heterocycles. The van der Waals surface area contributed by atoms with Crippen LogP contribution in [0.1, 0.15) is 36.8 Å². The molecule has 26 heavy (non-hydrogen) atoms. The summed E-state index contributed by atoms with van der Waals surface area (Å²) < 4.78 is 0. The average Bonchev–Trinajstić information content (AvgIpc) is 2.68. The number of piperidine rings is 3. The first-order chi connectivity index (χ1) is 12.7. The van der Waals surface area contributed by atoms with Gasteiger partial charge in [0, 0.05) is 38.6 Å². The molecule has 5 nitrogen and oxygen atoms in total. The lowest BCUT2D eigenvalue weighted by Gasteiger charge is -2.52. The minimum Gasteiger partial charge on any atom is -0.341 e. The van der Waals surface area contributed by atoms with Gasteiger partial charge in [0.1, 0.15) is 0 Å². The number of amides is 2. The fourth-order valence-electron chi connectivity index (χ4n) is 5.64. The van der Waals surface area contributed by atoms with Crippen molar-refractivity contribution in [2.45, 2.75) is 50.7 Å². The number of benzene rings is 1. The third-order valence-corrected chi connectivity index (χ3v) is 6.87. The Balaban J connectivity index is 1.30. The highest BCUT2D eigenvalue weighted by Gasteiger charge is 2.45. The topological polar surface area (TPSA) is 52.7 Å². The Hall–Kier alpha value is -1.88. The van der Waals surface area contributed by atoms with Crippen LogP contribution in [-0.2, 0) is 22.6 Å². The van der Waals surface area contributed by atoms with E-state index in [0.717, 1.165) is 45.4 Å². The van der Waals surface area contributed by atoms with Crippen molar-refractivity contribution in [3.8, 4) is 0 Å². The lowest BCUT2D eigenvalue weighted by molar-refractivity contribution is -0.149. The number of fused-ring (bicyclic) bond motifs is 5. The maximum atomic E-state index is 13.2. The third kappa shape index (κ3) is 2.73. The summed E-state index contributed by atoms with van der Waals surface area (Å²) in [5.41, 5.74) is 2.61. The molecule has 5 heteroatoms. The third-order valence-electron chi connectivity index (χ3n) is 6.87. The number of carbonyl (C=O) groups is 2. The highest BCUT2D eigenvalue weighted by Crippen LogP contribution is 2.38. The molecule has 2 amide bonds. The zero-order chi connectivity index (χ0) is 17.7. The molecule has 0 unspecified atom stereocenters. The molecule has 2 bridgehead atoms. The lowest BCUT2D eigenvalue weighted by atomic mass is 9.75. The van der Waals surface area contributed by atoms with Crippen molar-refractivity contribution in [2.24, 2.45) is 11.8 Å². The van der Waals surface area contributed by atoms with Crippen LogP contribution in [0.2, 0.25) is 0 Å². The molecule has 0 saturated carbocycles. The van der Waals surface area contributed by atoms with Crippen LogP contribution in [0.15, 0.2) is 24.3 Å². The van der Waals surface area contributed by atoms with Gasteiger partial charge in [0.25, 0.3) is 0 Å². The standard InChI is InChI=1S/C21H27N3O2/c25-20-7-3-6-19-17-8-14(12-24(19)20)11-23(13-17)21(26)18-9-15-4-1-2-5-16(15)10-22-18/h1-2,4-5,14,17-19,22H,3,6-13H2/t14-,17-,18-,19+/m1/s1. The Labute approximate surface area is 154 Å². The van der Waals surface area contributed by atoms with Gasteiger partial charge < -0.3 is 15.1 Å². The first-order valence-corrected chi connectivity index (χ1v) is 10.1. The minimum absolute atomic E-state index is 0.104. The van der Waals surface area contributed by atoms with Gasteiger partial charge in [0.2, 0.25) is 11.8 Å². The predicted molar refractivity (Wildman–Crippen MR) is 98.3 cm³/mol. The molecule has 0 radical (unpaired) electrons. The largest absolute Gasteiger partial charge is 0.341 e. The maximum absolute atomic E-state index is 13.2. The van der Waals surface area contributed by atoms with E-state index in [1.54, 1.807) is 0 Å². The molecule has 4 aliphatic rings. The molecule has 3 fully saturated rings. The summed E-state index contributed by atoms with van der Waals surface area (Å²) in [6, 6.07) is 8.67. The number of hydrogen-bond acceptors (Lipinski definition) is 3. The molecule has 4 aliphatic heterocycles. The Morgan fingerprint density at radius 2 is 1.96 bits per heavy atom. The molecule has 4 heterocycles. The zero-order valence-corrected chi connectivity index (χ0v) is 15.2. The van der Waals surface area contributed by atoms with E-state index in [1.807, 2.05) is 0 Å². The number of nitrogens with one attached hydrogen (secondary N) is 1. The summed E-state index contributed by atoms with van der Waals surface area (Å²) in [5, 5.41) is 3.45. The summed E-state index contributed by atoms with van der Waals surface area (Å²) in [6.07, 6.45) is 4.80. The van der Waals surface area contributed by atoms with Gasteiger partial charge in [-0.25, -0.2) is 0 Å². The smallest absolute Gasteiger partial charge is 0.240 e. The Kier molecular flexibility index (Phi) is 4.00. The van der Waals surface area contributed by atoms with Gasteiger partial charge in [0.05, 0.1) is 6.04 Å². The number of hydrogen-bond donors (Lipinski definition) is 1. The van der Waals surface area contributed by atoms with Crippen molar-refractivity contribution in [3.63, 3.8) is 0 Å². The minimum atomic E-state index is -0.104. The molecule has 0 aromatic heterocycles. The molecular formula is C21H27N3O2. The van der Waals surface area contributed by atoms with Crippen LogP contribution in [-0.4, -0.2) is 53.3 Å². The highest BCUT2D eigenvalue weighted by atomic mass is 16.2. The van der Waals surface area contributed by atoms with E-state index in [2.05, 4.69) is 39.4 Å². The van der Waals surface area contributed by atoms with E-state index >= 15 is 0 Å². The first-order valence-electron chi connectivity index (χ1n) is 10.1. The van der Waals surface area contributed by atoms with Gasteiger partial charge in [-0.05, 0) is 48.6 Å². The van der Waals surface area contributed by atoms with Crippen LogP contribution in [0.5, 0.6) is 0 Å². The lowest BCUT2D eigenvalue weighted by Crippen LogP contribution is -2.63. The molecule has 0 aliphatic carbocycles. The van der Waals surface area contributed by atoms with Gasteiger partial charge in [-0.2, -0.15) is 0 Å². The van der Waals surface area contributed by atoms with Crippen LogP contribution in [0, 0.1) is 11.8 Å². The van der Waals surface area contributed by atoms with Crippen LogP contribution in [0.4, 0.5) is 0 Å². The molecule has 1 aromatic carbocycles. The van der Waals surface area contributed by atoms with Crippen molar-refractivity contribution < 1.29 is 9.59 Å². The predicted octanol–water partition coefficient (Wildman–Crippen LogP) is 1.56. The Bertz CT molecular complexity index is 734. The molecule has 1 aromatic rings. The van der Waals surface area contributed by atoms with E-state index in [9.17, 15) is 9.59 Å². The van der Waals surface area contributed by atoms with Crippen molar-refractivity contribution in [3.05, 3.63) is 35.4 Å². The Morgan fingerprint density at radius 3 is 2.85 bits per heavy atom. The van der Waals surface area contributed by atoms with Crippen LogP contribution in [0.25, 0.3) is 0 Å². The quantitative estimate of drug-likeness (QED) is 0.834. The first kappa shape index (κ1) is 16.3. The molecular weight excluding hydrogens is 326 g/mol. The second-order valence-corrected chi connectivity index (χ2v) is 8.52. The average molecular weight is 353 g/mol. The zero-order valence-electron chi connectivity index (χ0n) is 15.2. The number of rotatable bonds is 1. The van der Waals surface area contributed by atoms with E-state index in [1.165, 1.54) is 17.5 Å². The van der Waals surface area contributed by atoms with Crippen LogP contribution in [0.3, 0.4) is 0 Å². The van der Waals surface area contributed by atoms with Crippen molar-refractivity contribution in [1.82, 2.24) is 15.1 Å². The maximum Gasteiger partial charge on any atom is 0.240 e. The van der Waals surface area contributed by atoms with Gasteiger partial charge in [0.15, 0.2) is 0 Å². The molecule has 5 rings (SSSR count). The van der Waals surface area contributed by atoms with Crippen LogP contribution < -0.4 is 5.32 Å². The SMILES string of the molecule is O=C([C@H]1Cc2ccccc2CN1)N1C[C@H]2C[C@H](C1)[C@@H]1CCCC(=O)N1C2. The molecule has 0 spiro atoms. The summed E-state index contributed by atoms with van der Waals surface area (Å²) in [6.45, 7) is 3.26. The van der Waals surface area contributed by atoms with E-state index in [0.29, 0.717) is 30.2 Å². The molecule has 138 valence electrons. The monoisotopic (exact) mass is 353 g/mol. The van der Waals surface area contributed by atoms with E-state index in [-0.39, 0.29) is 11.9 Å². The summed E-state index contributed by atoms with van der Waals surface area (Å²) in [7, 11) is 0. The van der Waals surface area contributed by atoms with Gasteiger partial charge in [-0.15, -0.1) is 0 Å². The summed E-state index contributed by atoms with van der Waals surface area (Å²) in [4.78, 5) is 29.7.